The number of carbonyl (C=O) groups excluding carboxylic acids is 1. The number of H-pyrrole nitrogens is 1. The van der Waals surface area contributed by atoms with E-state index >= 15 is 0 Å². The molecule has 0 radical (unpaired) electrons. The third-order valence-corrected chi connectivity index (χ3v) is 6.41. The summed E-state index contributed by atoms with van der Waals surface area (Å²) >= 11 is 0. The summed E-state index contributed by atoms with van der Waals surface area (Å²) in [6.45, 7) is -0.477. The third-order valence-electron chi connectivity index (χ3n) is 6.41. The number of nitrogens with zero attached hydrogens (tertiary/aromatic N) is 2. The maximum atomic E-state index is 14.6. The van der Waals surface area contributed by atoms with Gasteiger partial charge in [0.05, 0.1) is 30.0 Å². The molecule has 3 aromatic rings. The number of alkyl halides is 2. The van der Waals surface area contributed by atoms with Crippen molar-refractivity contribution >= 4 is 16.7 Å². The van der Waals surface area contributed by atoms with Gasteiger partial charge in [0.15, 0.2) is 0 Å². The number of fused-ring (bicyclic) bond motifs is 1. The Balaban J connectivity index is 1.49. The van der Waals surface area contributed by atoms with Crippen molar-refractivity contribution in [3.8, 4) is 0 Å². The number of hydrogen-bond acceptors (Lipinski definition) is 3. The van der Waals surface area contributed by atoms with Gasteiger partial charge in [-0.25, -0.2) is 9.49 Å². The number of piperidine rings is 1. The highest BCUT2D eigenvalue weighted by Crippen LogP contribution is 2.27. The molecule has 1 aliphatic rings. The van der Waals surface area contributed by atoms with E-state index in [0.717, 1.165) is 0 Å². The highest BCUT2D eigenvalue weighted by molar-refractivity contribution is 5.94. The lowest BCUT2D eigenvalue weighted by Crippen LogP contribution is -2.39. The number of hydrogen-bond donors (Lipinski definition) is 1. The van der Waals surface area contributed by atoms with Gasteiger partial charge in [-0.1, -0.05) is 24.3 Å². The summed E-state index contributed by atoms with van der Waals surface area (Å²) in [6, 6.07) is 11.5. The highest BCUT2D eigenvalue weighted by atomic mass is 19.1. The molecule has 1 fully saturated rings. The molecule has 8 heteroatoms. The van der Waals surface area contributed by atoms with Crippen LogP contribution in [0.15, 0.2) is 47.3 Å². The first-order valence-corrected chi connectivity index (χ1v) is 11.2. The van der Waals surface area contributed by atoms with E-state index in [1.54, 1.807) is 23.1 Å². The minimum Gasteiger partial charge on any atom is -0.339 e. The molecule has 0 unspecified atom stereocenters. The number of nitrogens with one attached hydrogen (secondary N) is 1. The summed E-state index contributed by atoms with van der Waals surface area (Å²) in [6.07, 6.45) is 2.10. The predicted molar refractivity (Wildman–Crippen MR) is 120 cm³/mol. The number of rotatable bonds is 7. The maximum Gasteiger partial charge on any atom is 0.272 e. The summed E-state index contributed by atoms with van der Waals surface area (Å²) in [7, 11) is 0. The fourth-order valence-electron chi connectivity index (χ4n) is 4.53. The van der Waals surface area contributed by atoms with E-state index in [1.165, 1.54) is 12.1 Å². The Morgan fingerprint density at radius 1 is 1.09 bits per heavy atom. The quantitative estimate of drug-likeness (QED) is 0.570. The van der Waals surface area contributed by atoms with Gasteiger partial charge in [-0.2, -0.15) is 5.10 Å². The van der Waals surface area contributed by atoms with E-state index < -0.39 is 25.1 Å². The van der Waals surface area contributed by atoms with E-state index in [9.17, 15) is 22.8 Å². The lowest BCUT2D eigenvalue weighted by atomic mass is 9.88. The molecule has 1 aromatic heterocycles. The average molecular weight is 457 g/mol. The second kappa shape index (κ2) is 10.2. The average Bonchev–Trinajstić information content (AvgIpc) is 2.85. The summed E-state index contributed by atoms with van der Waals surface area (Å²) < 4.78 is 40.2. The lowest BCUT2D eigenvalue weighted by Gasteiger charge is -2.33. The number of aromatic nitrogens is 2. The van der Waals surface area contributed by atoms with Crippen LogP contribution in [0.5, 0.6) is 0 Å². The normalized spacial score (nSPS) is 14.8. The van der Waals surface area contributed by atoms with Crippen molar-refractivity contribution in [3.05, 3.63) is 75.5 Å². The number of benzene rings is 2. The summed E-state index contributed by atoms with van der Waals surface area (Å²) in [5.74, 6) is -1.40. The van der Waals surface area contributed by atoms with Crippen molar-refractivity contribution in [2.24, 2.45) is 11.8 Å². The van der Waals surface area contributed by atoms with Gasteiger partial charge in [0.25, 0.3) is 11.5 Å². The minimum absolute atomic E-state index is 0.00919. The highest BCUT2D eigenvalue weighted by Gasteiger charge is 2.27. The van der Waals surface area contributed by atoms with Crippen LogP contribution in [0.2, 0.25) is 0 Å². The summed E-state index contributed by atoms with van der Waals surface area (Å²) in [4.78, 5) is 26.6. The fourth-order valence-corrected chi connectivity index (χ4v) is 4.53. The van der Waals surface area contributed by atoms with E-state index in [0.29, 0.717) is 60.8 Å². The van der Waals surface area contributed by atoms with E-state index in [-0.39, 0.29) is 22.9 Å². The molecular weight excluding hydrogens is 431 g/mol. The monoisotopic (exact) mass is 457 g/mol. The standard InChI is InChI=1S/C25H26F3N3O2/c26-14-18(15-27)11-16-7-9-31(10-8-16)25(33)21-12-17(5-6-22(21)28)13-23-19-3-1-2-4-20(19)24(32)30-29-23/h1-6,12,16,18H,7-11,13-15H2,(H,30,32). The molecule has 4 rings (SSSR count). The van der Waals surface area contributed by atoms with Gasteiger partial charge < -0.3 is 4.90 Å². The molecule has 1 aliphatic heterocycles. The molecule has 0 atom stereocenters. The van der Waals surface area contributed by atoms with Crippen molar-refractivity contribution < 1.29 is 18.0 Å². The van der Waals surface area contributed by atoms with Crippen LogP contribution in [0.1, 0.15) is 40.9 Å². The zero-order valence-corrected chi connectivity index (χ0v) is 18.2. The van der Waals surface area contributed by atoms with Gasteiger partial charge in [0, 0.05) is 30.8 Å². The van der Waals surface area contributed by atoms with E-state index in [4.69, 9.17) is 0 Å². The molecule has 0 aliphatic carbocycles. The second-order valence-electron chi connectivity index (χ2n) is 8.68. The van der Waals surface area contributed by atoms with E-state index in [2.05, 4.69) is 10.2 Å². The lowest BCUT2D eigenvalue weighted by molar-refractivity contribution is 0.0667. The Morgan fingerprint density at radius 2 is 1.79 bits per heavy atom. The fraction of sp³-hybridized carbons (Fsp3) is 0.400. The van der Waals surface area contributed by atoms with Gasteiger partial charge in [0.1, 0.15) is 5.82 Å². The predicted octanol–water partition coefficient (Wildman–Crippen LogP) is 4.45. The first-order valence-electron chi connectivity index (χ1n) is 11.2. The van der Waals surface area contributed by atoms with Crippen LogP contribution in [-0.4, -0.2) is 47.4 Å². The molecule has 2 heterocycles. The van der Waals surface area contributed by atoms with Gasteiger partial charge in [-0.05, 0) is 48.9 Å². The molecule has 33 heavy (non-hydrogen) atoms. The first kappa shape index (κ1) is 23.0. The van der Waals surface area contributed by atoms with Crippen molar-refractivity contribution in [1.29, 1.82) is 0 Å². The molecule has 5 nitrogen and oxygen atoms in total. The molecule has 2 aromatic carbocycles. The number of amides is 1. The number of halogens is 3. The van der Waals surface area contributed by atoms with Crippen molar-refractivity contribution in [2.75, 3.05) is 26.4 Å². The van der Waals surface area contributed by atoms with Crippen LogP contribution in [0.4, 0.5) is 13.2 Å². The second-order valence-corrected chi connectivity index (χ2v) is 8.68. The van der Waals surface area contributed by atoms with Gasteiger partial charge in [-0.3, -0.25) is 18.4 Å². The topological polar surface area (TPSA) is 66.1 Å². The van der Waals surface area contributed by atoms with Crippen LogP contribution < -0.4 is 5.56 Å². The van der Waals surface area contributed by atoms with Crippen molar-refractivity contribution in [2.45, 2.75) is 25.7 Å². The molecular formula is C25H26F3N3O2. The number of carbonyl (C=O) groups is 1. The molecule has 1 N–H and O–H groups in total. The Morgan fingerprint density at radius 3 is 2.48 bits per heavy atom. The van der Waals surface area contributed by atoms with Crippen molar-refractivity contribution in [3.63, 3.8) is 0 Å². The zero-order chi connectivity index (χ0) is 23.4. The van der Waals surface area contributed by atoms with Crippen LogP contribution in [-0.2, 0) is 6.42 Å². The molecule has 174 valence electrons. The molecule has 0 spiro atoms. The summed E-state index contributed by atoms with van der Waals surface area (Å²) in [5, 5.41) is 7.87. The minimum atomic E-state index is -0.674. The molecule has 1 saturated heterocycles. The molecule has 0 saturated carbocycles. The van der Waals surface area contributed by atoms with Crippen LogP contribution >= 0.6 is 0 Å². The first-order chi connectivity index (χ1) is 16.0. The third kappa shape index (κ3) is 5.10. The Kier molecular flexibility index (Phi) is 7.11. The van der Waals surface area contributed by atoms with Crippen LogP contribution in [0.25, 0.3) is 10.8 Å². The van der Waals surface area contributed by atoms with Gasteiger partial charge in [0.2, 0.25) is 0 Å². The SMILES string of the molecule is O=C(c1cc(Cc2n[nH]c(=O)c3ccccc23)ccc1F)N1CCC(CC(CF)CF)CC1. The molecule has 1 amide bonds. The largest absolute Gasteiger partial charge is 0.339 e. The van der Waals surface area contributed by atoms with Gasteiger partial charge >= 0.3 is 0 Å². The van der Waals surface area contributed by atoms with E-state index in [1.807, 2.05) is 12.1 Å². The van der Waals surface area contributed by atoms with Crippen molar-refractivity contribution in [1.82, 2.24) is 15.1 Å². The Labute approximate surface area is 189 Å². The summed E-state index contributed by atoms with van der Waals surface area (Å²) in [5.41, 5.74) is 1.04. The number of aromatic amines is 1. The maximum absolute atomic E-state index is 14.6. The Bertz CT molecular complexity index is 1180. The number of likely N-dealkylation sites (tertiary alicyclic amines) is 1. The van der Waals surface area contributed by atoms with Crippen LogP contribution in [0.3, 0.4) is 0 Å². The zero-order valence-electron chi connectivity index (χ0n) is 18.2. The molecule has 0 bridgehead atoms. The smallest absolute Gasteiger partial charge is 0.272 e. The Hall–Kier alpha value is -3.16. The van der Waals surface area contributed by atoms with Gasteiger partial charge in [-0.15, -0.1) is 0 Å². The van der Waals surface area contributed by atoms with Crippen LogP contribution in [0, 0.1) is 17.7 Å².